The predicted octanol–water partition coefficient (Wildman–Crippen LogP) is 2.72. The van der Waals surface area contributed by atoms with Gasteiger partial charge in [-0.05, 0) is 37.6 Å². The lowest BCUT2D eigenvalue weighted by Gasteiger charge is -2.07. The molecule has 21 heavy (non-hydrogen) atoms. The van der Waals surface area contributed by atoms with Crippen molar-refractivity contribution in [3.63, 3.8) is 0 Å². The summed E-state index contributed by atoms with van der Waals surface area (Å²) in [5.74, 6) is 0.321. The van der Waals surface area contributed by atoms with Gasteiger partial charge in [0.05, 0.1) is 6.61 Å². The van der Waals surface area contributed by atoms with Crippen LogP contribution in [-0.4, -0.2) is 17.5 Å². The zero-order valence-electron chi connectivity index (χ0n) is 12.1. The molecule has 0 aliphatic carbocycles. The van der Waals surface area contributed by atoms with Gasteiger partial charge in [-0.3, -0.25) is 9.59 Å². The van der Waals surface area contributed by atoms with Crippen LogP contribution in [0.5, 0.6) is 5.75 Å². The number of benzene rings is 1. The molecule has 2 aromatic rings. The number of hydrogen-bond donors (Lipinski definition) is 2. The Bertz CT molecular complexity index is 675. The van der Waals surface area contributed by atoms with Crippen LogP contribution < -0.4 is 15.5 Å². The number of hydrogen-bond acceptors (Lipinski definition) is 3. The van der Waals surface area contributed by atoms with Crippen LogP contribution in [0.2, 0.25) is 0 Å². The van der Waals surface area contributed by atoms with Gasteiger partial charge in [-0.1, -0.05) is 6.92 Å². The smallest absolute Gasteiger partial charge is 0.261 e. The Morgan fingerprint density at radius 3 is 2.62 bits per heavy atom. The van der Waals surface area contributed by atoms with Crippen molar-refractivity contribution in [1.82, 2.24) is 4.98 Å². The van der Waals surface area contributed by atoms with Crippen LogP contribution in [0.1, 0.15) is 29.4 Å². The van der Waals surface area contributed by atoms with E-state index in [0.717, 1.165) is 12.2 Å². The maximum atomic E-state index is 12.0. The molecule has 0 atom stereocenters. The Morgan fingerprint density at radius 1 is 1.29 bits per heavy atom. The second-order valence-electron chi connectivity index (χ2n) is 4.72. The van der Waals surface area contributed by atoms with Crippen LogP contribution in [-0.2, 0) is 0 Å². The lowest BCUT2D eigenvalue weighted by Crippen LogP contribution is -2.21. The summed E-state index contributed by atoms with van der Waals surface area (Å²) < 4.78 is 5.46. The Labute approximate surface area is 123 Å². The number of amides is 1. The van der Waals surface area contributed by atoms with E-state index in [-0.39, 0.29) is 11.0 Å². The average Bonchev–Trinajstić information content (AvgIpc) is 2.46. The second-order valence-corrected chi connectivity index (χ2v) is 4.72. The monoisotopic (exact) mass is 286 g/mol. The highest BCUT2D eigenvalue weighted by Gasteiger charge is 2.10. The van der Waals surface area contributed by atoms with E-state index in [4.69, 9.17) is 4.74 Å². The largest absolute Gasteiger partial charge is 0.494 e. The third kappa shape index (κ3) is 3.95. The highest BCUT2D eigenvalue weighted by Crippen LogP contribution is 2.16. The Kier molecular flexibility index (Phi) is 4.77. The van der Waals surface area contributed by atoms with Gasteiger partial charge >= 0.3 is 0 Å². The first-order chi connectivity index (χ1) is 10.1. The molecule has 2 rings (SSSR count). The minimum Gasteiger partial charge on any atom is -0.494 e. The van der Waals surface area contributed by atoms with Crippen molar-refractivity contribution >= 4 is 11.6 Å². The molecule has 0 saturated heterocycles. The molecule has 1 aromatic heterocycles. The number of pyridine rings is 1. The van der Waals surface area contributed by atoms with Gasteiger partial charge in [0.25, 0.3) is 5.91 Å². The average molecular weight is 286 g/mol. The molecule has 0 bridgehead atoms. The van der Waals surface area contributed by atoms with Crippen molar-refractivity contribution in [3.8, 4) is 5.75 Å². The van der Waals surface area contributed by atoms with E-state index in [1.807, 2.05) is 6.92 Å². The van der Waals surface area contributed by atoms with Crippen LogP contribution in [0.25, 0.3) is 0 Å². The molecule has 1 amide bonds. The molecule has 110 valence electrons. The Morgan fingerprint density at radius 2 is 2.00 bits per heavy atom. The number of aromatic amines is 1. The van der Waals surface area contributed by atoms with Gasteiger partial charge in [-0.2, -0.15) is 0 Å². The number of nitrogens with one attached hydrogen (secondary N) is 2. The molecule has 0 spiro atoms. The molecule has 0 radical (unpaired) electrons. The summed E-state index contributed by atoms with van der Waals surface area (Å²) >= 11 is 0. The molecule has 5 nitrogen and oxygen atoms in total. The third-order valence-electron chi connectivity index (χ3n) is 2.89. The molecule has 0 saturated carbocycles. The first-order valence-corrected chi connectivity index (χ1v) is 6.83. The van der Waals surface area contributed by atoms with E-state index >= 15 is 0 Å². The molecule has 2 N–H and O–H groups in total. The lowest BCUT2D eigenvalue weighted by atomic mass is 10.2. The fourth-order valence-electron chi connectivity index (χ4n) is 1.80. The molecule has 0 fully saturated rings. The van der Waals surface area contributed by atoms with Gasteiger partial charge in [0.15, 0.2) is 5.43 Å². The lowest BCUT2D eigenvalue weighted by molar-refractivity contribution is 0.102. The number of ether oxygens (including phenoxy) is 1. The Hall–Kier alpha value is -2.56. The molecule has 1 aromatic carbocycles. The van der Waals surface area contributed by atoms with E-state index in [0.29, 0.717) is 18.0 Å². The van der Waals surface area contributed by atoms with Gasteiger partial charge in [0.2, 0.25) is 0 Å². The van der Waals surface area contributed by atoms with Crippen LogP contribution in [0, 0.1) is 6.92 Å². The SMILES string of the molecule is CCCOc1ccc(NC(=O)c2c[nH]c(C)cc2=O)cc1. The molecule has 0 aliphatic heterocycles. The third-order valence-corrected chi connectivity index (χ3v) is 2.89. The van der Waals surface area contributed by atoms with Crippen molar-refractivity contribution in [2.45, 2.75) is 20.3 Å². The number of aromatic nitrogens is 1. The fraction of sp³-hybridized carbons (Fsp3) is 0.250. The number of carbonyl (C=O) groups excluding carboxylic acids is 1. The molecular formula is C16H18N2O3. The minimum absolute atomic E-state index is 0.0897. The maximum Gasteiger partial charge on any atom is 0.261 e. The van der Waals surface area contributed by atoms with Gasteiger partial charge in [0.1, 0.15) is 11.3 Å². The fourth-order valence-corrected chi connectivity index (χ4v) is 1.80. The number of anilines is 1. The van der Waals surface area contributed by atoms with Crippen LogP contribution in [0.3, 0.4) is 0 Å². The maximum absolute atomic E-state index is 12.0. The van der Waals surface area contributed by atoms with Crippen molar-refractivity contribution in [2.75, 3.05) is 11.9 Å². The standard InChI is InChI=1S/C16H18N2O3/c1-3-8-21-13-6-4-12(5-7-13)18-16(20)14-10-17-11(2)9-15(14)19/h4-7,9-10H,3,8H2,1-2H3,(H,17,19)(H,18,20). The topological polar surface area (TPSA) is 71.2 Å². The zero-order valence-corrected chi connectivity index (χ0v) is 12.1. The van der Waals surface area contributed by atoms with Crippen molar-refractivity contribution in [2.24, 2.45) is 0 Å². The number of rotatable bonds is 5. The number of carbonyl (C=O) groups is 1. The summed E-state index contributed by atoms with van der Waals surface area (Å²) in [7, 11) is 0. The first-order valence-electron chi connectivity index (χ1n) is 6.83. The highest BCUT2D eigenvalue weighted by molar-refractivity contribution is 6.03. The molecule has 0 aliphatic rings. The number of H-pyrrole nitrogens is 1. The molecule has 0 unspecified atom stereocenters. The summed E-state index contributed by atoms with van der Waals surface area (Å²) in [5.41, 5.74) is 1.12. The summed E-state index contributed by atoms with van der Waals surface area (Å²) in [4.78, 5) is 26.6. The summed E-state index contributed by atoms with van der Waals surface area (Å²) in [5, 5.41) is 2.69. The molecule has 1 heterocycles. The van der Waals surface area contributed by atoms with Gasteiger partial charge in [-0.25, -0.2) is 0 Å². The first kappa shape index (κ1) is 14.8. The summed E-state index contributed by atoms with van der Waals surface area (Å²) in [6.07, 6.45) is 2.36. The van der Waals surface area contributed by atoms with E-state index in [1.165, 1.54) is 12.3 Å². The van der Waals surface area contributed by atoms with E-state index in [1.54, 1.807) is 31.2 Å². The van der Waals surface area contributed by atoms with E-state index in [9.17, 15) is 9.59 Å². The van der Waals surface area contributed by atoms with Crippen LogP contribution in [0.15, 0.2) is 41.3 Å². The summed E-state index contributed by atoms with van der Waals surface area (Å²) in [6, 6.07) is 8.45. The van der Waals surface area contributed by atoms with Crippen LogP contribution in [0.4, 0.5) is 5.69 Å². The normalized spacial score (nSPS) is 10.2. The van der Waals surface area contributed by atoms with Crippen molar-refractivity contribution in [1.29, 1.82) is 0 Å². The molecule has 5 heteroatoms. The minimum atomic E-state index is -0.432. The van der Waals surface area contributed by atoms with Crippen LogP contribution >= 0.6 is 0 Å². The Balaban J connectivity index is 2.07. The van der Waals surface area contributed by atoms with E-state index < -0.39 is 5.91 Å². The highest BCUT2D eigenvalue weighted by atomic mass is 16.5. The van der Waals surface area contributed by atoms with Crippen molar-refractivity contribution < 1.29 is 9.53 Å². The van der Waals surface area contributed by atoms with Crippen molar-refractivity contribution in [3.05, 3.63) is 58.0 Å². The number of aryl methyl sites for hydroxylation is 1. The zero-order chi connectivity index (χ0) is 15.2. The van der Waals surface area contributed by atoms with Gasteiger partial charge in [0, 0.05) is 23.6 Å². The van der Waals surface area contributed by atoms with E-state index in [2.05, 4.69) is 10.3 Å². The molecular weight excluding hydrogens is 268 g/mol. The summed E-state index contributed by atoms with van der Waals surface area (Å²) in [6.45, 7) is 4.45. The van der Waals surface area contributed by atoms with Gasteiger partial charge < -0.3 is 15.0 Å². The quantitative estimate of drug-likeness (QED) is 0.887. The predicted molar refractivity (Wildman–Crippen MR) is 82.0 cm³/mol. The van der Waals surface area contributed by atoms with Gasteiger partial charge in [-0.15, -0.1) is 0 Å². The second kappa shape index (κ2) is 6.74.